The molecule has 0 aromatic heterocycles. The first-order chi connectivity index (χ1) is 15.2. The average Bonchev–Trinajstić information content (AvgIpc) is 2.76. The highest BCUT2D eigenvalue weighted by molar-refractivity contribution is 7.92. The molecule has 3 N–H and O–H groups in total. The lowest BCUT2D eigenvalue weighted by Gasteiger charge is -2.12. The molecule has 0 aliphatic heterocycles. The molecule has 0 radical (unpaired) electrons. The van der Waals surface area contributed by atoms with Crippen molar-refractivity contribution in [1.29, 1.82) is 0 Å². The van der Waals surface area contributed by atoms with Gasteiger partial charge in [-0.05, 0) is 48.5 Å². The Bertz CT molecular complexity index is 1260. The van der Waals surface area contributed by atoms with E-state index in [9.17, 15) is 18.0 Å². The third-order valence-electron chi connectivity index (χ3n) is 4.17. The van der Waals surface area contributed by atoms with Crippen LogP contribution in [0.1, 0.15) is 20.7 Å². The molecule has 166 valence electrons. The van der Waals surface area contributed by atoms with E-state index in [-0.39, 0.29) is 31.8 Å². The summed E-state index contributed by atoms with van der Waals surface area (Å²) < 4.78 is 33.1. The van der Waals surface area contributed by atoms with Crippen molar-refractivity contribution in [2.45, 2.75) is 4.90 Å². The van der Waals surface area contributed by atoms with E-state index in [0.29, 0.717) is 5.75 Å². The maximum Gasteiger partial charge on any atom is 0.269 e. The van der Waals surface area contributed by atoms with Crippen molar-refractivity contribution in [3.63, 3.8) is 0 Å². The number of halogens is 2. The van der Waals surface area contributed by atoms with Crippen LogP contribution in [-0.2, 0) is 10.0 Å². The summed E-state index contributed by atoms with van der Waals surface area (Å²) in [6.07, 6.45) is 0. The topological polar surface area (TPSA) is 114 Å². The number of anilines is 1. The highest BCUT2D eigenvalue weighted by Crippen LogP contribution is 2.26. The number of methoxy groups -OCH3 is 1. The van der Waals surface area contributed by atoms with E-state index in [4.69, 9.17) is 27.9 Å². The highest BCUT2D eigenvalue weighted by atomic mass is 35.5. The second-order valence-electron chi connectivity index (χ2n) is 6.40. The van der Waals surface area contributed by atoms with Crippen LogP contribution >= 0.6 is 23.2 Å². The summed E-state index contributed by atoms with van der Waals surface area (Å²) in [7, 11) is -2.59. The van der Waals surface area contributed by atoms with E-state index in [0.717, 1.165) is 0 Å². The van der Waals surface area contributed by atoms with Gasteiger partial charge in [-0.1, -0.05) is 41.4 Å². The number of hydrogen-bond donors (Lipinski definition) is 3. The SMILES string of the molecule is COc1ccccc1NS(=O)(=O)c1cccc(C(=O)NNC(=O)c2cc(Cl)cc(Cl)c2)c1. The van der Waals surface area contributed by atoms with E-state index in [1.54, 1.807) is 24.3 Å². The highest BCUT2D eigenvalue weighted by Gasteiger charge is 2.18. The molecule has 0 unspecified atom stereocenters. The summed E-state index contributed by atoms with van der Waals surface area (Å²) in [5.41, 5.74) is 4.85. The third-order valence-corrected chi connectivity index (χ3v) is 5.97. The lowest BCUT2D eigenvalue weighted by molar-refractivity contribution is 0.0846. The number of ether oxygens (including phenoxy) is 1. The molecule has 2 amide bonds. The Morgan fingerprint density at radius 3 is 2.09 bits per heavy atom. The standard InChI is InChI=1S/C21H17Cl2N3O5S/c1-31-19-8-3-2-7-18(19)26-32(29,30)17-6-4-5-13(11-17)20(27)24-25-21(28)14-9-15(22)12-16(23)10-14/h2-12,26H,1H3,(H,24,27)(H,25,28). The zero-order valence-electron chi connectivity index (χ0n) is 16.6. The van der Waals surface area contributed by atoms with Crippen LogP contribution in [0.4, 0.5) is 5.69 Å². The van der Waals surface area contributed by atoms with Crippen molar-refractivity contribution in [2.75, 3.05) is 11.8 Å². The maximum atomic E-state index is 12.8. The van der Waals surface area contributed by atoms with Gasteiger partial charge in [-0.3, -0.25) is 25.2 Å². The van der Waals surface area contributed by atoms with Crippen LogP contribution in [0.15, 0.2) is 71.6 Å². The van der Waals surface area contributed by atoms with Gasteiger partial charge in [0.25, 0.3) is 21.8 Å². The fourth-order valence-electron chi connectivity index (χ4n) is 2.68. The Hall–Kier alpha value is -3.27. The minimum Gasteiger partial charge on any atom is -0.495 e. The van der Waals surface area contributed by atoms with Gasteiger partial charge < -0.3 is 4.74 Å². The van der Waals surface area contributed by atoms with E-state index in [1.165, 1.54) is 49.6 Å². The van der Waals surface area contributed by atoms with Gasteiger partial charge in [0.1, 0.15) is 5.75 Å². The first-order valence-corrected chi connectivity index (χ1v) is 11.3. The van der Waals surface area contributed by atoms with Crippen molar-refractivity contribution in [3.05, 3.63) is 87.9 Å². The summed E-state index contributed by atoms with van der Waals surface area (Å²) in [5.74, 6) is -1.03. The molecular formula is C21H17Cl2N3O5S. The van der Waals surface area contributed by atoms with Crippen LogP contribution in [0.3, 0.4) is 0 Å². The van der Waals surface area contributed by atoms with Gasteiger partial charge in [-0.25, -0.2) is 8.42 Å². The van der Waals surface area contributed by atoms with Crippen molar-refractivity contribution in [2.24, 2.45) is 0 Å². The predicted octanol–water partition coefficient (Wildman–Crippen LogP) is 3.88. The fraction of sp³-hybridized carbons (Fsp3) is 0.0476. The minimum absolute atomic E-state index is 0.0114. The summed E-state index contributed by atoms with van der Waals surface area (Å²) in [5, 5.41) is 0.517. The lowest BCUT2D eigenvalue weighted by Crippen LogP contribution is -2.41. The number of sulfonamides is 1. The zero-order valence-corrected chi connectivity index (χ0v) is 18.9. The molecule has 0 aliphatic carbocycles. The number of amides is 2. The normalized spacial score (nSPS) is 10.8. The molecule has 0 bridgehead atoms. The van der Waals surface area contributed by atoms with Gasteiger partial charge in [0.15, 0.2) is 0 Å². The average molecular weight is 494 g/mol. The van der Waals surface area contributed by atoms with E-state index in [2.05, 4.69) is 15.6 Å². The van der Waals surface area contributed by atoms with Crippen LogP contribution < -0.4 is 20.3 Å². The molecule has 3 aromatic carbocycles. The number of hydrogen-bond acceptors (Lipinski definition) is 5. The van der Waals surface area contributed by atoms with Crippen LogP contribution in [0.25, 0.3) is 0 Å². The van der Waals surface area contributed by atoms with Gasteiger partial charge >= 0.3 is 0 Å². The van der Waals surface area contributed by atoms with Crippen LogP contribution in [0.5, 0.6) is 5.75 Å². The summed E-state index contributed by atoms with van der Waals surface area (Å²) in [4.78, 5) is 24.5. The molecule has 0 aliphatic rings. The minimum atomic E-state index is -4.01. The first-order valence-electron chi connectivity index (χ1n) is 9.02. The van der Waals surface area contributed by atoms with Crippen LogP contribution in [-0.4, -0.2) is 27.3 Å². The second-order valence-corrected chi connectivity index (χ2v) is 8.96. The fourth-order valence-corrected chi connectivity index (χ4v) is 4.32. The Morgan fingerprint density at radius 2 is 1.44 bits per heavy atom. The Kier molecular flexibility index (Phi) is 7.24. The predicted molar refractivity (Wildman–Crippen MR) is 122 cm³/mol. The quantitative estimate of drug-likeness (QED) is 0.451. The molecule has 0 spiro atoms. The molecule has 0 saturated heterocycles. The molecule has 0 heterocycles. The van der Waals surface area contributed by atoms with E-state index < -0.39 is 21.8 Å². The number of carbonyl (C=O) groups excluding carboxylic acids is 2. The first kappa shape index (κ1) is 23.4. The van der Waals surface area contributed by atoms with Gasteiger partial charge in [0, 0.05) is 21.2 Å². The maximum absolute atomic E-state index is 12.8. The molecule has 32 heavy (non-hydrogen) atoms. The molecule has 0 saturated carbocycles. The van der Waals surface area contributed by atoms with Crippen molar-refractivity contribution < 1.29 is 22.7 Å². The third kappa shape index (κ3) is 5.70. The summed E-state index contributed by atoms with van der Waals surface area (Å²) >= 11 is 11.7. The molecule has 11 heteroatoms. The molecule has 3 rings (SSSR count). The van der Waals surface area contributed by atoms with Crippen molar-refractivity contribution >= 4 is 50.7 Å². The summed E-state index contributed by atoms with van der Waals surface area (Å²) in [6, 6.07) is 16.1. The Labute approximate surface area is 194 Å². The number of para-hydroxylation sites is 2. The molecule has 8 nitrogen and oxygen atoms in total. The van der Waals surface area contributed by atoms with Crippen LogP contribution in [0, 0.1) is 0 Å². The summed E-state index contributed by atoms with van der Waals surface area (Å²) in [6.45, 7) is 0. The van der Waals surface area contributed by atoms with Gasteiger partial charge in [0.05, 0.1) is 17.7 Å². The van der Waals surface area contributed by atoms with Crippen molar-refractivity contribution in [3.8, 4) is 5.75 Å². The Balaban J connectivity index is 1.73. The molecule has 0 fully saturated rings. The second kappa shape index (κ2) is 9.90. The van der Waals surface area contributed by atoms with Gasteiger partial charge in [-0.15, -0.1) is 0 Å². The number of carbonyl (C=O) groups is 2. The van der Waals surface area contributed by atoms with E-state index >= 15 is 0 Å². The lowest BCUT2D eigenvalue weighted by atomic mass is 10.2. The molecule has 3 aromatic rings. The Morgan fingerprint density at radius 1 is 0.812 bits per heavy atom. The molecular weight excluding hydrogens is 477 g/mol. The van der Waals surface area contributed by atoms with Crippen molar-refractivity contribution in [1.82, 2.24) is 10.9 Å². The van der Waals surface area contributed by atoms with Gasteiger partial charge in [0.2, 0.25) is 0 Å². The van der Waals surface area contributed by atoms with Gasteiger partial charge in [-0.2, -0.15) is 0 Å². The number of hydrazine groups is 1. The zero-order chi connectivity index (χ0) is 23.3. The monoisotopic (exact) mass is 493 g/mol. The van der Waals surface area contributed by atoms with E-state index in [1.807, 2.05) is 0 Å². The smallest absolute Gasteiger partial charge is 0.269 e. The number of nitrogens with one attached hydrogen (secondary N) is 3. The van der Waals surface area contributed by atoms with Crippen LogP contribution in [0.2, 0.25) is 10.0 Å². The molecule has 0 atom stereocenters. The number of benzene rings is 3. The largest absolute Gasteiger partial charge is 0.495 e. The number of rotatable bonds is 6.